The lowest BCUT2D eigenvalue weighted by Crippen LogP contribution is -2.24. The second-order valence-electron chi connectivity index (χ2n) is 3.62. The summed E-state index contributed by atoms with van der Waals surface area (Å²) < 4.78 is 5.05. The Kier molecular flexibility index (Phi) is 4.98. The molecule has 1 heterocycles. The highest BCUT2D eigenvalue weighted by molar-refractivity contribution is 5.57. The van der Waals surface area contributed by atoms with Gasteiger partial charge in [0.2, 0.25) is 0 Å². The molecule has 0 saturated heterocycles. The van der Waals surface area contributed by atoms with Gasteiger partial charge in [-0.15, -0.1) is 0 Å². The number of anilines is 2. The number of nitrogens with zero attached hydrogens (tertiary/aromatic N) is 3. The number of ether oxygens (including phenoxy) is 1. The summed E-state index contributed by atoms with van der Waals surface area (Å²) in [6, 6.07) is 0. The van der Waals surface area contributed by atoms with E-state index in [1.807, 2.05) is 14.0 Å². The maximum Gasteiger partial charge on any atom is 0.136 e. The Morgan fingerprint density at radius 3 is 2.81 bits per heavy atom. The first kappa shape index (κ1) is 12.7. The lowest BCUT2D eigenvalue weighted by Gasteiger charge is -2.20. The minimum Gasteiger partial charge on any atom is -0.383 e. The van der Waals surface area contributed by atoms with Gasteiger partial charge >= 0.3 is 0 Å². The van der Waals surface area contributed by atoms with Crippen molar-refractivity contribution in [2.24, 2.45) is 0 Å². The fourth-order valence-corrected chi connectivity index (χ4v) is 1.51. The third-order valence-electron chi connectivity index (χ3n) is 2.39. The van der Waals surface area contributed by atoms with Gasteiger partial charge in [-0.05, 0) is 13.8 Å². The van der Waals surface area contributed by atoms with E-state index in [1.54, 1.807) is 13.4 Å². The number of methoxy groups -OCH3 is 1. The average molecular weight is 224 g/mol. The maximum atomic E-state index is 5.05. The molecule has 0 fully saturated rings. The topological polar surface area (TPSA) is 50.3 Å². The Morgan fingerprint density at radius 1 is 1.44 bits per heavy atom. The van der Waals surface area contributed by atoms with E-state index in [2.05, 4.69) is 27.1 Å². The summed E-state index contributed by atoms with van der Waals surface area (Å²) in [6.07, 6.45) is 1.59. The third kappa shape index (κ3) is 3.06. The van der Waals surface area contributed by atoms with Crippen LogP contribution in [0.4, 0.5) is 11.6 Å². The highest BCUT2D eigenvalue weighted by Gasteiger charge is 2.09. The van der Waals surface area contributed by atoms with Gasteiger partial charge in [0, 0.05) is 32.8 Å². The molecule has 0 aliphatic carbocycles. The van der Waals surface area contributed by atoms with Crippen LogP contribution in [0.25, 0.3) is 0 Å². The van der Waals surface area contributed by atoms with E-state index in [0.717, 1.165) is 30.3 Å². The zero-order chi connectivity index (χ0) is 12.0. The second-order valence-corrected chi connectivity index (χ2v) is 3.62. The fourth-order valence-electron chi connectivity index (χ4n) is 1.51. The van der Waals surface area contributed by atoms with Gasteiger partial charge in [0.1, 0.15) is 18.0 Å². The smallest absolute Gasteiger partial charge is 0.136 e. The molecule has 0 bridgehead atoms. The minimum atomic E-state index is 0.691. The molecule has 0 saturated carbocycles. The van der Waals surface area contributed by atoms with Crippen molar-refractivity contribution in [2.45, 2.75) is 13.8 Å². The van der Waals surface area contributed by atoms with Gasteiger partial charge in [0.25, 0.3) is 0 Å². The first-order valence-corrected chi connectivity index (χ1v) is 5.46. The molecule has 0 unspecified atom stereocenters. The van der Waals surface area contributed by atoms with E-state index in [4.69, 9.17) is 4.74 Å². The van der Waals surface area contributed by atoms with Crippen molar-refractivity contribution >= 4 is 11.6 Å². The number of nitrogens with one attached hydrogen (secondary N) is 1. The van der Waals surface area contributed by atoms with Gasteiger partial charge in [-0.2, -0.15) is 0 Å². The summed E-state index contributed by atoms with van der Waals surface area (Å²) in [5.74, 6) is 1.85. The molecule has 16 heavy (non-hydrogen) atoms. The molecule has 1 rings (SSSR count). The van der Waals surface area contributed by atoms with Crippen LogP contribution in [0.1, 0.15) is 12.5 Å². The molecule has 0 spiro atoms. The van der Waals surface area contributed by atoms with Crippen molar-refractivity contribution in [3.05, 3.63) is 11.9 Å². The van der Waals surface area contributed by atoms with Crippen molar-refractivity contribution in [2.75, 3.05) is 44.1 Å². The highest BCUT2D eigenvalue weighted by Crippen LogP contribution is 2.20. The van der Waals surface area contributed by atoms with Gasteiger partial charge in [0.05, 0.1) is 6.61 Å². The number of aromatic nitrogens is 2. The van der Waals surface area contributed by atoms with Crippen LogP contribution in [0, 0.1) is 6.92 Å². The summed E-state index contributed by atoms with van der Waals surface area (Å²) in [5, 5.41) is 3.22. The summed E-state index contributed by atoms with van der Waals surface area (Å²) in [5.41, 5.74) is 1.07. The molecule has 0 atom stereocenters. The molecule has 0 amide bonds. The average Bonchev–Trinajstić information content (AvgIpc) is 2.29. The van der Waals surface area contributed by atoms with E-state index in [0.29, 0.717) is 6.61 Å². The summed E-state index contributed by atoms with van der Waals surface area (Å²) in [7, 11) is 3.70. The molecule has 1 aromatic heterocycles. The third-order valence-corrected chi connectivity index (χ3v) is 2.39. The number of hydrogen-bond donors (Lipinski definition) is 1. The maximum absolute atomic E-state index is 5.05. The van der Waals surface area contributed by atoms with Gasteiger partial charge in [0.15, 0.2) is 0 Å². The largest absolute Gasteiger partial charge is 0.383 e. The Morgan fingerprint density at radius 2 is 2.19 bits per heavy atom. The molecule has 0 aliphatic heterocycles. The van der Waals surface area contributed by atoms with Gasteiger partial charge < -0.3 is 15.0 Å². The molecular formula is C11H20N4O. The van der Waals surface area contributed by atoms with Gasteiger partial charge in [-0.3, -0.25) is 0 Å². The summed E-state index contributed by atoms with van der Waals surface area (Å²) in [6.45, 7) is 6.45. The quantitative estimate of drug-likeness (QED) is 0.789. The van der Waals surface area contributed by atoms with Crippen molar-refractivity contribution in [3.8, 4) is 0 Å². The lowest BCUT2D eigenvalue weighted by atomic mass is 10.3. The summed E-state index contributed by atoms with van der Waals surface area (Å²) >= 11 is 0. The van der Waals surface area contributed by atoms with Crippen LogP contribution >= 0.6 is 0 Å². The first-order chi connectivity index (χ1) is 7.70. The van der Waals surface area contributed by atoms with Crippen molar-refractivity contribution in [1.82, 2.24) is 9.97 Å². The van der Waals surface area contributed by atoms with Crippen LogP contribution in [0.3, 0.4) is 0 Å². The molecule has 1 aromatic rings. The SMILES string of the molecule is CCNc1ncnc(N(C)CCOC)c1C. The molecular weight excluding hydrogens is 204 g/mol. The van der Waals surface area contributed by atoms with E-state index in [9.17, 15) is 0 Å². The van der Waals surface area contributed by atoms with Crippen LogP contribution in [0.15, 0.2) is 6.33 Å². The zero-order valence-corrected chi connectivity index (χ0v) is 10.4. The molecule has 1 N–H and O–H groups in total. The lowest BCUT2D eigenvalue weighted by molar-refractivity contribution is 0.206. The summed E-state index contributed by atoms with van der Waals surface area (Å²) in [4.78, 5) is 10.6. The van der Waals surface area contributed by atoms with Crippen LogP contribution < -0.4 is 10.2 Å². The molecule has 0 aromatic carbocycles. The Bertz CT molecular complexity index is 330. The fraction of sp³-hybridized carbons (Fsp3) is 0.636. The normalized spacial score (nSPS) is 10.2. The van der Waals surface area contributed by atoms with E-state index >= 15 is 0 Å². The number of rotatable bonds is 6. The molecule has 5 heteroatoms. The molecule has 5 nitrogen and oxygen atoms in total. The Balaban J connectivity index is 2.82. The van der Waals surface area contributed by atoms with Crippen molar-refractivity contribution in [3.63, 3.8) is 0 Å². The number of likely N-dealkylation sites (N-methyl/N-ethyl adjacent to an activating group) is 1. The van der Waals surface area contributed by atoms with Crippen molar-refractivity contribution in [1.29, 1.82) is 0 Å². The van der Waals surface area contributed by atoms with Crippen LogP contribution in [-0.4, -0.2) is 43.8 Å². The second kappa shape index (κ2) is 6.27. The van der Waals surface area contributed by atoms with Gasteiger partial charge in [-0.25, -0.2) is 9.97 Å². The molecule has 90 valence electrons. The van der Waals surface area contributed by atoms with Crippen LogP contribution in [0.2, 0.25) is 0 Å². The minimum absolute atomic E-state index is 0.691. The predicted octanol–water partition coefficient (Wildman–Crippen LogP) is 1.30. The van der Waals surface area contributed by atoms with E-state index in [-0.39, 0.29) is 0 Å². The first-order valence-electron chi connectivity index (χ1n) is 5.46. The van der Waals surface area contributed by atoms with Gasteiger partial charge in [-0.1, -0.05) is 0 Å². The number of hydrogen-bond acceptors (Lipinski definition) is 5. The van der Waals surface area contributed by atoms with E-state index in [1.165, 1.54) is 0 Å². The molecule has 0 radical (unpaired) electrons. The predicted molar refractivity (Wildman–Crippen MR) is 66.1 cm³/mol. The van der Waals surface area contributed by atoms with Crippen LogP contribution in [0.5, 0.6) is 0 Å². The molecule has 0 aliphatic rings. The highest BCUT2D eigenvalue weighted by atomic mass is 16.5. The van der Waals surface area contributed by atoms with E-state index < -0.39 is 0 Å². The Hall–Kier alpha value is -1.36. The zero-order valence-electron chi connectivity index (χ0n) is 10.4. The van der Waals surface area contributed by atoms with Crippen molar-refractivity contribution < 1.29 is 4.74 Å². The Labute approximate surface area is 96.8 Å². The van der Waals surface area contributed by atoms with Crippen LogP contribution in [-0.2, 0) is 4.74 Å². The monoisotopic (exact) mass is 224 g/mol. The standard InChI is InChI=1S/C11H20N4O/c1-5-12-10-9(2)11(14-8-13-10)15(3)6-7-16-4/h8H,5-7H2,1-4H3,(H,12,13,14).